The summed E-state index contributed by atoms with van der Waals surface area (Å²) in [6.45, 7) is 7.94. The van der Waals surface area contributed by atoms with E-state index >= 15 is 0 Å². The predicted octanol–water partition coefficient (Wildman–Crippen LogP) is 3.80. The quantitative estimate of drug-likeness (QED) is 0.905. The van der Waals surface area contributed by atoms with Gasteiger partial charge in [-0.25, -0.2) is 0 Å². The van der Waals surface area contributed by atoms with Gasteiger partial charge >= 0.3 is 0 Å². The van der Waals surface area contributed by atoms with Gasteiger partial charge in [0.1, 0.15) is 0 Å². The highest BCUT2D eigenvalue weighted by molar-refractivity contribution is 5.36. The summed E-state index contributed by atoms with van der Waals surface area (Å²) in [6, 6.07) is 19.7. The lowest BCUT2D eigenvalue weighted by molar-refractivity contribution is 0.218. The van der Waals surface area contributed by atoms with Crippen LogP contribution in [0.1, 0.15) is 36.5 Å². The summed E-state index contributed by atoms with van der Waals surface area (Å²) < 4.78 is 0. The molecule has 126 valence electrons. The summed E-state index contributed by atoms with van der Waals surface area (Å²) in [5, 5.41) is 9.62. The van der Waals surface area contributed by atoms with Gasteiger partial charge in [0.15, 0.2) is 0 Å². The minimum absolute atomic E-state index is 0.153. The Balaban J connectivity index is 1.41. The van der Waals surface area contributed by atoms with Gasteiger partial charge in [-0.3, -0.25) is 4.90 Å². The van der Waals surface area contributed by atoms with Gasteiger partial charge < -0.3 is 5.11 Å². The molecule has 2 aromatic rings. The topological polar surface area (TPSA) is 23.5 Å². The zero-order valence-electron chi connectivity index (χ0n) is 14.7. The van der Waals surface area contributed by atoms with E-state index in [9.17, 15) is 5.11 Å². The smallest absolute Gasteiger partial charge is 0.0522 e. The van der Waals surface area contributed by atoms with Crippen LogP contribution in [-0.2, 0) is 12.0 Å². The molecule has 2 nitrogen and oxygen atoms in total. The first-order chi connectivity index (χ1) is 11.6. The van der Waals surface area contributed by atoms with Crippen molar-refractivity contribution in [1.29, 1.82) is 0 Å². The Bertz CT molecular complexity index is 697. The summed E-state index contributed by atoms with van der Waals surface area (Å²) in [6.07, 6.45) is 0. The van der Waals surface area contributed by atoms with E-state index in [1.54, 1.807) is 0 Å². The number of hydrogen-bond acceptors (Lipinski definition) is 2. The standard InChI is InChI=1S/C22H27NO/c1-22(2,15-24)18-10-6-9-17(11-18)21-19-13-23(14-20(19)21)12-16-7-4-3-5-8-16/h3-11,19-21,24H,12-15H2,1-2H3/t19-,20+,21?. The number of aliphatic hydroxyl groups is 1. The third-order valence-electron chi connectivity index (χ3n) is 5.97. The fourth-order valence-electron chi connectivity index (χ4n) is 4.34. The van der Waals surface area contributed by atoms with Gasteiger partial charge in [0, 0.05) is 25.0 Å². The molecule has 2 fully saturated rings. The molecule has 24 heavy (non-hydrogen) atoms. The van der Waals surface area contributed by atoms with Gasteiger partial charge in [-0.05, 0) is 34.4 Å². The molecule has 1 unspecified atom stereocenters. The highest BCUT2D eigenvalue weighted by Crippen LogP contribution is 2.58. The van der Waals surface area contributed by atoms with Crippen LogP contribution < -0.4 is 0 Å². The van der Waals surface area contributed by atoms with Crippen LogP contribution in [0.25, 0.3) is 0 Å². The molecule has 1 aliphatic carbocycles. The van der Waals surface area contributed by atoms with Crippen LogP contribution in [0.15, 0.2) is 54.6 Å². The summed E-state index contributed by atoms with van der Waals surface area (Å²) in [5.74, 6) is 2.37. The summed E-state index contributed by atoms with van der Waals surface area (Å²) in [7, 11) is 0. The Labute approximate surface area is 145 Å². The molecule has 1 aliphatic heterocycles. The summed E-state index contributed by atoms with van der Waals surface area (Å²) >= 11 is 0. The van der Waals surface area contributed by atoms with Crippen LogP contribution in [0.4, 0.5) is 0 Å². The molecule has 1 saturated heterocycles. The molecule has 0 aromatic heterocycles. The molecule has 0 amide bonds. The minimum Gasteiger partial charge on any atom is -0.395 e. The number of likely N-dealkylation sites (tertiary alicyclic amines) is 1. The molecule has 0 radical (unpaired) electrons. The SMILES string of the molecule is CC(C)(CO)c1cccc(C2[C@H]3CN(Cc4ccccc4)C[C@@H]23)c1. The average Bonchev–Trinajstić information content (AvgIpc) is 3.11. The Kier molecular flexibility index (Phi) is 3.98. The van der Waals surface area contributed by atoms with Gasteiger partial charge in [-0.1, -0.05) is 68.4 Å². The fraction of sp³-hybridized carbons (Fsp3) is 0.455. The monoisotopic (exact) mass is 321 g/mol. The molecule has 1 N–H and O–H groups in total. The third-order valence-corrected chi connectivity index (χ3v) is 5.97. The maximum atomic E-state index is 9.62. The molecule has 1 heterocycles. The van der Waals surface area contributed by atoms with Crippen molar-refractivity contribution in [2.45, 2.75) is 31.7 Å². The van der Waals surface area contributed by atoms with Crippen molar-refractivity contribution < 1.29 is 5.11 Å². The highest BCUT2D eigenvalue weighted by Gasteiger charge is 2.55. The van der Waals surface area contributed by atoms with Crippen LogP contribution >= 0.6 is 0 Å². The predicted molar refractivity (Wildman–Crippen MR) is 98.0 cm³/mol. The van der Waals surface area contributed by atoms with Crippen molar-refractivity contribution in [3.05, 3.63) is 71.3 Å². The van der Waals surface area contributed by atoms with Gasteiger partial charge in [0.05, 0.1) is 6.61 Å². The maximum Gasteiger partial charge on any atom is 0.0522 e. The van der Waals surface area contributed by atoms with Gasteiger partial charge in [0.25, 0.3) is 0 Å². The van der Waals surface area contributed by atoms with Crippen molar-refractivity contribution >= 4 is 0 Å². The van der Waals surface area contributed by atoms with Crippen LogP contribution in [-0.4, -0.2) is 29.7 Å². The largest absolute Gasteiger partial charge is 0.395 e. The van der Waals surface area contributed by atoms with Crippen molar-refractivity contribution in [3.63, 3.8) is 0 Å². The summed E-state index contributed by atoms with van der Waals surface area (Å²) in [4.78, 5) is 2.60. The second-order valence-electron chi connectivity index (χ2n) is 8.20. The maximum absolute atomic E-state index is 9.62. The zero-order chi connectivity index (χ0) is 16.7. The fourth-order valence-corrected chi connectivity index (χ4v) is 4.34. The first kappa shape index (κ1) is 15.9. The molecular weight excluding hydrogens is 294 g/mol. The van der Waals surface area contributed by atoms with E-state index in [1.807, 2.05) is 0 Å². The van der Waals surface area contributed by atoms with Crippen LogP contribution in [0.5, 0.6) is 0 Å². The van der Waals surface area contributed by atoms with E-state index < -0.39 is 0 Å². The molecule has 2 heteroatoms. The van der Waals surface area contributed by atoms with Crippen molar-refractivity contribution in [2.24, 2.45) is 11.8 Å². The first-order valence-corrected chi connectivity index (χ1v) is 9.06. The molecule has 3 atom stereocenters. The average molecular weight is 321 g/mol. The van der Waals surface area contributed by atoms with E-state index in [2.05, 4.69) is 73.3 Å². The number of nitrogens with zero attached hydrogens (tertiary/aromatic N) is 1. The van der Waals surface area contributed by atoms with Crippen molar-refractivity contribution in [1.82, 2.24) is 4.90 Å². The van der Waals surface area contributed by atoms with E-state index in [4.69, 9.17) is 0 Å². The first-order valence-electron chi connectivity index (χ1n) is 9.06. The Morgan fingerprint density at radius 1 is 1.00 bits per heavy atom. The second-order valence-corrected chi connectivity index (χ2v) is 8.20. The van der Waals surface area contributed by atoms with Gasteiger partial charge in [-0.2, -0.15) is 0 Å². The van der Waals surface area contributed by atoms with Crippen LogP contribution in [0, 0.1) is 11.8 Å². The van der Waals surface area contributed by atoms with Gasteiger partial charge in [-0.15, -0.1) is 0 Å². The van der Waals surface area contributed by atoms with Crippen LogP contribution in [0.3, 0.4) is 0 Å². The normalized spacial score (nSPS) is 26.4. The Morgan fingerprint density at radius 3 is 2.38 bits per heavy atom. The second kappa shape index (κ2) is 6.02. The third kappa shape index (κ3) is 2.89. The Hall–Kier alpha value is -1.64. The van der Waals surface area contributed by atoms with E-state index in [1.165, 1.54) is 29.8 Å². The van der Waals surface area contributed by atoms with Gasteiger partial charge in [0.2, 0.25) is 0 Å². The molecule has 4 rings (SSSR count). The zero-order valence-corrected chi connectivity index (χ0v) is 14.7. The molecule has 0 spiro atoms. The van der Waals surface area contributed by atoms with Crippen LogP contribution in [0.2, 0.25) is 0 Å². The molecule has 2 aromatic carbocycles. The summed E-state index contributed by atoms with van der Waals surface area (Å²) in [5.41, 5.74) is 4.00. The number of piperidine rings is 1. The van der Waals surface area contributed by atoms with E-state index in [-0.39, 0.29) is 12.0 Å². The van der Waals surface area contributed by atoms with Crippen molar-refractivity contribution in [3.8, 4) is 0 Å². The number of hydrogen-bond donors (Lipinski definition) is 1. The van der Waals surface area contributed by atoms with Crippen molar-refractivity contribution in [2.75, 3.05) is 19.7 Å². The Morgan fingerprint density at radius 2 is 1.71 bits per heavy atom. The number of aliphatic hydroxyl groups excluding tert-OH is 1. The lowest BCUT2D eigenvalue weighted by atomic mass is 9.84. The van der Waals surface area contributed by atoms with E-state index in [0.717, 1.165) is 24.3 Å². The van der Waals surface area contributed by atoms with E-state index in [0.29, 0.717) is 0 Å². The lowest BCUT2D eigenvalue weighted by Crippen LogP contribution is -2.24. The molecular formula is C22H27NO. The number of fused-ring (bicyclic) bond motifs is 1. The number of rotatable bonds is 5. The lowest BCUT2D eigenvalue weighted by Gasteiger charge is -2.24. The molecule has 2 aliphatic rings. The highest BCUT2D eigenvalue weighted by atomic mass is 16.3. The molecule has 0 bridgehead atoms. The number of benzene rings is 2. The molecule has 1 saturated carbocycles. The minimum atomic E-state index is -0.153.